The molecule has 6 heteroatoms. The molecule has 2 amide bonds. The molecule has 0 unspecified atom stereocenters. The standard InChI is InChI=1S/C16H21N3O3/c1-17-7-9-18(10-8-17)13-11-15(20)19(16(13)21)12-5-3-4-6-14(12)22-2/h3-6,13H,7-11H2,1-2H3/t13-/m0/s1. The summed E-state index contributed by atoms with van der Waals surface area (Å²) in [6, 6.07) is 6.80. The molecule has 2 aliphatic rings. The molecule has 0 spiro atoms. The summed E-state index contributed by atoms with van der Waals surface area (Å²) in [4.78, 5) is 30.8. The number of likely N-dealkylation sites (N-methyl/N-ethyl adjacent to an activating group) is 1. The van der Waals surface area contributed by atoms with Crippen molar-refractivity contribution in [2.45, 2.75) is 12.5 Å². The van der Waals surface area contributed by atoms with E-state index in [9.17, 15) is 9.59 Å². The molecule has 118 valence electrons. The monoisotopic (exact) mass is 303 g/mol. The summed E-state index contributed by atoms with van der Waals surface area (Å²) >= 11 is 0. The molecular weight excluding hydrogens is 282 g/mol. The maximum absolute atomic E-state index is 12.8. The van der Waals surface area contributed by atoms with E-state index in [2.05, 4.69) is 16.8 Å². The Balaban J connectivity index is 1.82. The van der Waals surface area contributed by atoms with Crippen LogP contribution >= 0.6 is 0 Å². The van der Waals surface area contributed by atoms with Gasteiger partial charge in [-0.1, -0.05) is 12.1 Å². The fourth-order valence-corrected chi connectivity index (χ4v) is 3.10. The average molecular weight is 303 g/mol. The molecule has 0 saturated carbocycles. The van der Waals surface area contributed by atoms with E-state index in [1.165, 1.54) is 4.90 Å². The van der Waals surface area contributed by atoms with E-state index >= 15 is 0 Å². The van der Waals surface area contributed by atoms with Crippen LogP contribution < -0.4 is 9.64 Å². The lowest BCUT2D eigenvalue weighted by Crippen LogP contribution is -2.51. The third kappa shape index (κ3) is 2.60. The number of anilines is 1. The first kappa shape index (κ1) is 15.0. The highest BCUT2D eigenvalue weighted by molar-refractivity contribution is 6.23. The van der Waals surface area contributed by atoms with Crippen LogP contribution in [-0.4, -0.2) is 68.0 Å². The SMILES string of the molecule is COc1ccccc1N1C(=O)C[C@H](N2CCN(C)CC2)C1=O. The van der Waals surface area contributed by atoms with E-state index in [0.717, 1.165) is 26.2 Å². The molecule has 1 aromatic carbocycles. The molecule has 2 aliphatic heterocycles. The van der Waals surface area contributed by atoms with Gasteiger partial charge in [0.15, 0.2) is 0 Å². The van der Waals surface area contributed by atoms with Crippen LogP contribution in [0.3, 0.4) is 0 Å². The first-order chi connectivity index (χ1) is 10.6. The number of nitrogens with zero attached hydrogens (tertiary/aromatic N) is 3. The quantitative estimate of drug-likeness (QED) is 0.764. The number of piperazine rings is 1. The second-order valence-electron chi connectivity index (χ2n) is 5.80. The van der Waals surface area contributed by atoms with Crippen LogP contribution in [0.4, 0.5) is 5.69 Å². The Hall–Kier alpha value is -1.92. The van der Waals surface area contributed by atoms with Gasteiger partial charge in [-0.15, -0.1) is 0 Å². The molecule has 3 rings (SSSR count). The summed E-state index contributed by atoms with van der Waals surface area (Å²) in [6.45, 7) is 3.49. The summed E-state index contributed by atoms with van der Waals surface area (Å²) in [6.07, 6.45) is 0.251. The zero-order valence-corrected chi connectivity index (χ0v) is 13.0. The summed E-state index contributed by atoms with van der Waals surface area (Å²) in [5, 5.41) is 0. The Morgan fingerprint density at radius 1 is 1.09 bits per heavy atom. The van der Waals surface area contributed by atoms with Crippen molar-refractivity contribution in [3.63, 3.8) is 0 Å². The topological polar surface area (TPSA) is 53.1 Å². The highest BCUT2D eigenvalue weighted by atomic mass is 16.5. The molecule has 0 radical (unpaired) electrons. The van der Waals surface area contributed by atoms with Crippen LogP contribution in [-0.2, 0) is 9.59 Å². The van der Waals surface area contributed by atoms with E-state index in [1.807, 2.05) is 12.1 Å². The normalized spacial score (nSPS) is 24.1. The van der Waals surface area contributed by atoms with Gasteiger partial charge in [0.2, 0.25) is 5.91 Å². The van der Waals surface area contributed by atoms with Crippen molar-refractivity contribution in [1.82, 2.24) is 9.80 Å². The zero-order valence-electron chi connectivity index (χ0n) is 13.0. The number of carbonyl (C=O) groups is 2. The van der Waals surface area contributed by atoms with Crippen molar-refractivity contribution >= 4 is 17.5 Å². The van der Waals surface area contributed by atoms with Crippen LogP contribution in [0.2, 0.25) is 0 Å². The van der Waals surface area contributed by atoms with E-state index in [-0.39, 0.29) is 24.3 Å². The number of hydrogen-bond acceptors (Lipinski definition) is 5. The first-order valence-corrected chi connectivity index (χ1v) is 7.54. The Kier molecular flexibility index (Phi) is 4.13. The van der Waals surface area contributed by atoms with Crippen molar-refractivity contribution < 1.29 is 14.3 Å². The van der Waals surface area contributed by atoms with Crippen LogP contribution in [0.5, 0.6) is 5.75 Å². The zero-order chi connectivity index (χ0) is 15.7. The van der Waals surface area contributed by atoms with Crippen molar-refractivity contribution in [3.8, 4) is 5.75 Å². The van der Waals surface area contributed by atoms with Gasteiger partial charge in [0.25, 0.3) is 5.91 Å². The third-order valence-corrected chi connectivity index (χ3v) is 4.43. The maximum atomic E-state index is 12.8. The van der Waals surface area contributed by atoms with Gasteiger partial charge < -0.3 is 9.64 Å². The second-order valence-corrected chi connectivity index (χ2v) is 5.80. The fraction of sp³-hybridized carbons (Fsp3) is 0.500. The fourth-order valence-electron chi connectivity index (χ4n) is 3.10. The number of ether oxygens (including phenoxy) is 1. The minimum absolute atomic E-state index is 0.140. The number of rotatable bonds is 3. The average Bonchev–Trinajstić information content (AvgIpc) is 2.83. The van der Waals surface area contributed by atoms with Gasteiger partial charge in [-0.3, -0.25) is 14.5 Å². The van der Waals surface area contributed by atoms with Gasteiger partial charge in [-0.25, -0.2) is 4.90 Å². The smallest absolute Gasteiger partial charge is 0.251 e. The minimum Gasteiger partial charge on any atom is -0.495 e. The van der Waals surface area contributed by atoms with Crippen molar-refractivity contribution in [2.75, 3.05) is 45.2 Å². The van der Waals surface area contributed by atoms with Crippen LogP contribution in [0.25, 0.3) is 0 Å². The van der Waals surface area contributed by atoms with Crippen LogP contribution in [0.1, 0.15) is 6.42 Å². The lowest BCUT2D eigenvalue weighted by atomic mass is 10.2. The lowest BCUT2D eigenvalue weighted by Gasteiger charge is -2.35. The van der Waals surface area contributed by atoms with Crippen molar-refractivity contribution in [3.05, 3.63) is 24.3 Å². The molecular formula is C16H21N3O3. The van der Waals surface area contributed by atoms with E-state index < -0.39 is 0 Å². The summed E-state index contributed by atoms with van der Waals surface area (Å²) in [5.74, 6) is 0.251. The van der Waals surface area contributed by atoms with Gasteiger partial charge >= 0.3 is 0 Å². The Morgan fingerprint density at radius 3 is 2.45 bits per heavy atom. The Morgan fingerprint density at radius 2 is 1.77 bits per heavy atom. The molecule has 6 nitrogen and oxygen atoms in total. The van der Waals surface area contributed by atoms with Gasteiger partial charge in [-0.05, 0) is 19.2 Å². The molecule has 0 bridgehead atoms. The number of imide groups is 1. The number of amides is 2. The number of benzene rings is 1. The second kappa shape index (κ2) is 6.06. The maximum Gasteiger partial charge on any atom is 0.251 e. The van der Waals surface area contributed by atoms with Gasteiger partial charge in [0, 0.05) is 26.2 Å². The highest BCUT2D eigenvalue weighted by Crippen LogP contribution is 2.33. The summed E-state index contributed by atoms with van der Waals surface area (Å²) in [7, 11) is 3.61. The van der Waals surface area contributed by atoms with Gasteiger partial charge in [0.1, 0.15) is 5.75 Å². The van der Waals surface area contributed by atoms with Crippen molar-refractivity contribution in [2.24, 2.45) is 0 Å². The van der Waals surface area contributed by atoms with Crippen LogP contribution in [0.15, 0.2) is 24.3 Å². The van der Waals surface area contributed by atoms with E-state index in [4.69, 9.17) is 4.74 Å². The molecule has 1 aromatic rings. The lowest BCUT2D eigenvalue weighted by molar-refractivity contribution is -0.123. The highest BCUT2D eigenvalue weighted by Gasteiger charge is 2.43. The predicted molar refractivity (Wildman–Crippen MR) is 83.0 cm³/mol. The summed E-state index contributed by atoms with van der Waals surface area (Å²) < 4.78 is 5.28. The van der Waals surface area contributed by atoms with E-state index in [0.29, 0.717) is 11.4 Å². The molecule has 0 aromatic heterocycles. The summed E-state index contributed by atoms with van der Waals surface area (Å²) in [5.41, 5.74) is 0.539. The van der Waals surface area contributed by atoms with Crippen LogP contribution in [0, 0.1) is 0 Å². The molecule has 0 N–H and O–H groups in total. The minimum atomic E-state index is -0.342. The van der Waals surface area contributed by atoms with Gasteiger partial charge in [0.05, 0.1) is 25.3 Å². The Bertz CT molecular complexity index is 582. The molecule has 0 aliphatic carbocycles. The van der Waals surface area contributed by atoms with E-state index in [1.54, 1.807) is 19.2 Å². The number of hydrogen-bond donors (Lipinski definition) is 0. The largest absolute Gasteiger partial charge is 0.495 e. The number of para-hydroxylation sites is 2. The number of carbonyl (C=O) groups excluding carboxylic acids is 2. The predicted octanol–water partition coefficient (Wildman–Crippen LogP) is 0.574. The van der Waals surface area contributed by atoms with Crippen molar-refractivity contribution in [1.29, 1.82) is 0 Å². The third-order valence-electron chi connectivity index (χ3n) is 4.43. The van der Waals surface area contributed by atoms with Gasteiger partial charge in [-0.2, -0.15) is 0 Å². The molecule has 22 heavy (non-hydrogen) atoms. The molecule has 2 heterocycles. The number of methoxy groups -OCH3 is 1. The molecule has 2 saturated heterocycles. The Labute approximate surface area is 130 Å². The first-order valence-electron chi connectivity index (χ1n) is 7.54. The molecule has 2 fully saturated rings. The molecule has 1 atom stereocenters.